The number of hydrogen-bond donors (Lipinski definition) is 3. The van der Waals surface area contributed by atoms with Gasteiger partial charge in [0.15, 0.2) is 6.61 Å². The summed E-state index contributed by atoms with van der Waals surface area (Å²) in [7, 11) is 0. The summed E-state index contributed by atoms with van der Waals surface area (Å²) in [5.74, 6) is -0.828. The first-order chi connectivity index (χ1) is 14.5. The fourth-order valence-corrected chi connectivity index (χ4v) is 2.20. The molecule has 0 atom stereocenters. The van der Waals surface area contributed by atoms with E-state index in [-0.39, 0.29) is 0 Å². The molecule has 4 amide bonds. The van der Waals surface area contributed by atoms with Gasteiger partial charge in [-0.05, 0) is 42.8 Å². The number of nitrogens with one attached hydrogen (secondary N) is 3. The van der Waals surface area contributed by atoms with E-state index in [9.17, 15) is 19.2 Å². The SMILES string of the molecule is CCCNC(=O)NC(=O)COC(=O)CNC(=O)c1ccc(Oc2ccccc2)cc1. The van der Waals surface area contributed by atoms with Crippen LogP contribution in [0.1, 0.15) is 23.7 Å². The average Bonchev–Trinajstić information content (AvgIpc) is 2.75. The molecular weight excluding hydrogens is 390 g/mol. The van der Waals surface area contributed by atoms with Crippen molar-refractivity contribution in [2.45, 2.75) is 13.3 Å². The molecule has 0 aliphatic carbocycles. The number of carbonyl (C=O) groups is 4. The van der Waals surface area contributed by atoms with Gasteiger partial charge in [0.2, 0.25) is 0 Å². The lowest BCUT2D eigenvalue weighted by atomic mass is 10.2. The lowest BCUT2D eigenvalue weighted by Gasteiger charge is -2.08. The Hall–Kier alpha value is -3.88. The highest BCUT2D eigenvalue weighted by molar-refractivity contribution is 5.97. The third kappa shape index (κ3) is 8.01. The molecule has 0 spiro atoms. The van der Waals surface area contributed by atoms with Crippen LogP contribution in [-0.4, -0.2) is 43.5 Å². The minimum absolute atomic E-state index is 0.327. The standard InChI is InChI=1S/C21H23N3O6/c1-2-12-22-21(28)24-18(25)14-29-19(26)13-23-20(27)15-8-10-17(11-9-15)30-16-6-4-3-5-7-16/h3-11H,2,12-14H2,1H3,(H,23,27)(H2,22,24,25,28). The summed E-state index contributed by atoms with van der Waals surface area (Å²) in [6, 6.07) is 14.9. The number of amides is 4. The largest absolute Gasteiger partial charge is 0.457 e. The van der Waals surface area contributed by atoms with Gasteiger partial charge in [0.1, 0.15) is 18.0 Å². The van der Waals surface area contributed by atoms with Gasteiger partial charge in [0.25, 0.3) is 11.8 Å². The summed E-state index contributed by atoms with van der Waals surface area (Å²) < 4.78 is 10.4. The minimum atomic E-state index is -0.809. The zero-order valence-electron chi connectivity index (χ0n) is 16.5. The molecule has 3 N–H and O–H groups in total. The van der Waals surface area contributed by atoms with Crippen molar-refractivity contribution in [3.8, 4) is 11.5 Å². The van der Waals surface area contributed by atoms with Gasteiger partial charge >= 0.3 is 12.0 Å². The summed E-state index contributed by atoms with van der Waals surface area (Å²) in [4.78, 5) is 46.6. The van der Waals surface area contributed by atoms with Gasteiger partial charge in [-0.25, -0.2) is 4.79 Å². The van der Waals surface area contributed by atoms with Gasteiger partial charge in [0.05, 0.1) is 0 Å². The first-order valence-corrected chi connectivity index (χ1v) is 9.32. The van der Waals surface area contributed by atoms with Crippen LogP contribution < -0.4 is 20.7 Å². The third-order valence-corrected chi connectivity index (χ3v) is 3.64. The summed E-state index contributed by atoms with van der Waals surface area (Å²) >= 11 is 0. The van der Waals surface area contributed by atoms with Crippen molar-refractivity contribution < 1.29 is 28.7 Å². The summed E-state index contributed by atoms with van der Waals surface area (Å²) in [6.45, 7) is 1.24. The average molecular weight is 413 g/mol. The maximum atomic E-state index is 12.1. The first kappa shape index (κ1) is 22.4. The number of esters is 1. The number of hydrogen-bond acceptors (Lipinski definition) is 6. The van der Waals surface area contributed by atoms with Crippen molar-refractivity contribution in [2.75, 3.05) is 19.7 Å². The summed E-state index contributed by atoms with van der Waals surface area (Å²) in [5.41, 5.74) is 0.327. The highest BCUT2D eigenvalue weighted by atomic mass is 16.5. The molecule has 0 unspecified atom stereocenters. The molecule has 0 aromatic heterocycles. The fourth-order valence-electron chi connectivity index (χ4n) is 2.20. The molecule has 0 fully saturated rings. The van der Waals surface area contributed by atoms with Crippen LogP contribution >= 0.6 is 0 Å². The molecule has 9 nitrogen and oxygen atoms in total. The van der Waals surface area contributed by atoms with Crippen molar-refractivity contribution in [3.05, 3.63) is 60.2 Å². The van der Waals surface area contributed by atoms with Crippen LogP contribution in [0.4, 0.5) is 4.79 Å². The van der Waals surface area contributed by atoms with E-state index in [0.717, 1.165) is 6.42 Å². The Labute approximate surface area is 173 Å². The van der Waals surface area contributed by atoms with E-state index in [0.29, 0.717) is 23.6 Å². The molecule has 158 valence electrons. The Kier molecular flexibility index (Phi) is 8.85. The van der Waals surface area contributed by atoms with Gasteiger partial charge in [-0.15, -0.1) is 0 Å². The Morgan fingerprint density at radius 2 is 1.53 bits per heavy atom. The number of imide groups is 1. The number of ether oxygens (including phenoxy) is 2. The second-order valence-corrected chi connectivity index (χ2v) is 6.09. The molecule has 2 aromatic carbocycles. The van der Waals surface area contributed by atoms with Crippen molar-refractivity contribution in [2.24, 2.45) is 0 Å². The number of rotatable bonds is 9. The molecule has 2 rings (SSSR count). The Balaban J connectivity index is 1.71. The number of urea groups is 1. The number of carbonyl (C=O) groups excluding carboxylic acids is 4. The molecule has 0 saturated carbocycles. The molecule has 0 saturated heterocycles. The zero-order chi connectivity index (χ0) is 21.8. The molecule has 0 aliphatic rings. The molecular formula is C21H23N3O6. The molecule has 0 radical (unpaired) electrons. The first-order valence-electron chi connectivity index (χ1n) is 9.32. The van der Waals surface area contributed by atoms with E-state index in [1.165, 1.54) is 0 Å². The predicted molar refractivity (Wildman–Crippen MR) is 108 cm³/mol. The minimum Gasteiger partial charge on any atom is -0.457 e. The zero-order valence-corrected chi connectivity index (χ0v) is 16.5. The smallest absolute Gasteiger partial charge is 0.325 e. The van der Waals surface area contributed by atoms with E-state index >= 15 is 0 Å². The number of benzene rings is 2. The Morgan fingerprint density at radius 1 is 0.867 bits per heavy atom. The quantitative estimate of drug-likeness (QED) is 0.540. The lowest BCUT2D eigenvalue weighted by molar-refractivity contribution is -0.147. The van der Waals surface area contributed by atoms with Crippen LogP contribution in [0.5, 0.6) is 11.5 Å². The van der Waals surface area contributed by atoms with Gasteiger partial charge < -0.3 is 20.1 Å². The second kappa shape index (κ2) is 11.8. The lowest BCUT2D eigenvalue weighted by Crippen LogP contribution is -2.42. The van der Waals surface area contributed by atoms with E-state index in [1.807, 2.05) is 42.6 Å². The molecule has 2 aromatic rings. The maximum absolute atomic E-state index is 12.1. The van der Waals surface area contributed by atoms with E-state index in [4.69, 9.17) is 9.47 Å². The molecule has 9 heteroatoms. The normalized spacial score (nSPS) is 9.90. The topological polar surface area (TPSA) is 123 Å². The Bertz CT molecular complexity index is 868. The van der Waals surface area contributed by atoms with Crippen LogP contribution in [0.25, 0.3) is 0 Å². The fraction of sp³-hybridized carbons (Fsp3) is 0.238. The molecule has 0 heterocycles. The van der Waals surface area contributed by atoms with Crippen molar-refractivity contribution in [3.63, 3.8) is 0 Å². The molecule has 30 heavy (non-hydrogen) atoms. The summed E-state index contributed by atoms with van der Waals surface area (Å²) in [6.07, 6.45) is 0.721. The van der Waals surface area contributed by atoms with Crippen molar-refractivity contribution in [1.82, 2.24) is 16.0 Å². The van der Waals surface area contributed by atoms with Gasteiger partial charge in [-0.2, -0.15) is 0 Å². The van der Waals surface area contributed by atoms with Gasteiger partial charge in [0, 0.05) is 12.1 Å². The van der Waals surface area contributed by atoms with Crippen LogP contribution in [0, 0.1) is 0 Å². The van der Waals surface area contributed by atoms with Crippen LogP contribution in [0.3, 0.4) is 0 Å². The van der Waals surface area contributed by atoms with Crippen LogP contribution in [0.2, 0.25) is 0 Å². The number of para-hydroxylation sites is 1. The highest BCUT2D eigenvalue weighted by Gasteiger charge is 2.12. The molecule has 0 bridgehead atoms. The predicted octanol–water partition coefficient (Wildman–Crippen LogP) is 1.99. The third-order valence-electron chi connectivity index (χ3n) is 3.64. The monoisotopic (exact) mass is 413 g/mol. The van der Waals surface area contributed by atoms with Crippen molar-refractivity contribution in [1.29, 1.82) is 0 Å². The van der Waals surface area contributed by atoms with Gasteiger partial charge in [-0.1, -0.05) is 25.1 Å². The van der Waals surface area contributed by atoms with E-state index in [2.05, 4.69) is 10.6 Å². The van der Waals surface area contributed by atoms with Crippen LogP contribution in [-0.2, 0) is 14.3 Å². The van der Waals surface area contributed by atoms with Crippen molar-refractivity contribution >= 4 is 23.8 Å². The van der Waals surface area contributed by atoms with E-state index in [1.54, 1.807) is 24.3 Å². The maximum Gasteiger partial charge on any atom is 0.325 e. The van der Waals surface area contributed by atoms with Gasteiger partial charge in [-0.3, -0.25) is 19.7 Å². The molecule has 0 aliphatic heterocycles. The second-order valence-electron chi connectivity index (χ2n) is 6.09. The summed E-state index contributed by atoms with van der Waals surface area (Å²) in [5, 5.41) is 6.86. The van der Waals surface area contributed by atoms with E-state index < -0.39 is 37.0 Å². The van der Waals surface area contributed by atoms with Crippen LogP contribution in [0.15, 0.2) is 54.6 Å². The Morgan fingerprint density at radius 3 is 2.20 bits per heavy atom. The highest BCUT2D eigenvalue weighted by Crippen LogP contribution is 2.21.